The van der Waals surface area contributed by atoms with Crippen molar-refractivity contribution in [2.45, 2.75) is 19.5 Å². The highest BCUT2D eigenvalue weighted by atomic mass is 15.1. The number of nitrogens with zero attached hydrogens (tertiary/aromatic N) is 2. The zero-order chi connectivity index (χ0) is 6.97. The molecule has 3 nitrogen and oxygen atoms in total. The van der Waals surface area contributed by atoms with Crippen LogP contribution in [0.1, 0.15) is 13.3 Å². The minimum atomic E-state index is 0.185. The van der Waals surface area contributed by atoms with Crippen molar-refractivity contribution in [3.8, 4) is 0 Å². The summed E-state index contributed by atoms with van der Waals surface area (Å²) in [5.41, 5.74) is 2.41. The van der Waals surface area contributed by atoms with E-state index in [9.17, 15) is 0 Å². The third kappa shape index (κ3) is 0.865. The zero-order valence-corrected chi connectivity index (χ0v) is 6.09. The molecule has 2 aliphatic rings. The molecule has 1 N–H and O–H groups in total. The second-order valence-electron chi connectivity index (χ2n) is 2.71. The molecule has 0 radical (unpaired) electrons. The van der Waals surface area contributed by atoms with Crippen molar-refractivity contribution in [1.82, 2.24) is 5.32 Å². The Bertz CT molecular complexity index is 183. The van der Waals surface area contributed by atoms with Gasteiger partial charge in [-0.05, 0) is 6.92 Å². The summed E-state index contributed by atoms with van der Waals surface area (Å²) >= 11 is 0. The van der Waals surface area contributed by atoms with E-state index in [4.69, 9.17) is 0 Å². The molecule has 0 aromatic carbocycles. The van der Waals surface area contributed by atoms with E-state index in [2.05, 4.69) is 15.3 Å². The van der Waals surface area contributed by atoms with Gasteiger partial charge in [-0.3, -0.25) is 9.98 Å². The Morgan fingerprint density at radius 1 is 1.40 bits per heavy atom. The molecule has 0 bridgehead atoms. The van der Waals surface area contributed by atoms with Crippen molar-refractivity contribution in [3.05, 3.63) is 0 Å². The lowest BCUT2D eigenvalue weighted by molar-refractivity contribution is 0.772. The lowest BCUT2D eigenvalue weighted by atomic mass is 10.1. The fourth-order valence-corrected chi connectivity index (χ4v) is 1.40. The van der Waals surface area contributed by atoms with Crippen LogP contribution in [0.15, 0.2) is 9.98 Å². The predicted octanol–water partition coefficient (Wildman–Crippen LogP) is 0.221. The van der Waals surface area contributed by atoms with Crippen molar-refractivity contribution in [2.75, 3.05) is 13.1 Å². The van der Waals surface area contributed by atoms with Gasteiger partial charge in [-0.2, -0.15) is 0 Å². The van der Waals surface area contributed by atoms with Crippen molar-refractivity contribution in [1.29, 1.82) is 0 Å². The van der Waals surface area contributed by atoms with E-state index in [1.807, 2.05) is 6.92 Å². The van der Waals surface area contributed by atoms with E-state index in [0.717, 1.165) is 19.5 Å². The van der Waals surface area contributed by atoms with E-state index >= 15 is 0 Å². The van der Waals surface area contributed by atoms with E-state index in [-0.39, 0.29) is 6.17 Å². The molecule has 2 heterocycles. The molecular weight excluding hydrogens is 126 g/mol. The number of hydrogen-bond donors (Lipinski definition) is 1. The normalized spacial score (nSPS) is 31.1. The molecule has 0 aromatic heterocycles. The number of hydrogen-bond acceptors (Lipinski definition) is 3. The first-order chi connectivity index (χ1) is 4.86. The minimum Gasteiger partial charge on any atom is -0.311 e. The van der Waals surface area contributed by atoms with Crippen LogP contribution in [0.4, 0.5) is 0 Å². The van der Waals surface area contributed by atoms with Crippen molar-refractivity contribution in [2.24, 2.45) is 9.98 Å². The predicted molar refractivity (Wildman–Crippen MR) is 41.8 cm³/mol. The van der Waals surface area contributed by atoms with Gasteiger partial charge in [0, 0.05) is 19.5 Å². The Morgan fingerprint density at radius 2 is 2.20 bits per heavy atom. The molecule has 1 fully saturated rings. The number of fused-ring (bicyclic) bond motifs is 1. The van der Waals surface area contributed by atoms with Crippen LogP contribution in [-0.2, 0) is 0 Å². The van der Waals surface area contributed by atoms with Gasteiger partial charge in [-0.1, -0.05) is 0 Å². The Balaban J connectivity index is 2.24. The van der Waals surface area contributed by atoms with Crippen LogP contribution in [0, 0.1) is 0 Å². The Morgan fingerprint density at radius 3 is 3.00 bits per heavy atom. The first-order valence-corrected chi connectivity index (χ1v) is 3.71. The number of rotatable bonds is 0. The quantitative estimate of drug-likeness (QED) is 0.509. The summed E-state index contributed by atoms with van der Waals surface area (Å²) in [6, 6.07) is 0. The van der Waals surface area contributed by atoms with Gasteiger partial charge in [0.2, 0.25) is 0 Å². The van der Waals surface area contributed by atoms with Gasteiger partial charge in [0.25, 0.3) is 0 Å². The SMILES string of the molecule is CC1N=C2CCNCC2=N1. The average Bonchev–Trinajstić information content (AvgIpc) is 2.27. The largest absolute Gasteiger partial charge is 0.311 e. The second-order valence-corrected chi connectivity index (χ2v) is 2.71. The average molecular weight is 137 g/mol. The molecule has 0 aliphatic carbocycles. The van der Waals surface area contributed by atoms with Crippen molar-refractivity contribution in [3.63, 3.8) is 0 Å². The van der Waals surface area contributed by atoms with Gasteiger partial charge in [0.15, 0.2) is 0 Å². The van der Waals surface area contributed by atoms with E-state index < -0.39 is 0 Å². The molecule has 0 spiro atoms. The van der Waals surface area contributed by atoms with Crippen LogP contribution in [0.25, 0.3) is 0 Å². The maximum Gasteiger partial charge on any atom is 0.137 e. The highest BCUT2D eigenvalue weighted by molar-refractivity contribution is 6.44. The molecule has 0 amide bonds. The van der Waals surface area contributed by atoms with E-state index in [0.29, 0.717) is 0 Å². The monoisotopic (exact) mass is 137 g/mol. The summed E-state index contributed by atoms with van der Waals surface area (Å²) in [6.07, 6.45) is 1.24. The molecule has 1 unspecified atom stereocenters. The van der Waals surface area contributed by atoms with Crippen molar-refractivity contribution >= 4 is 11.4 Å². The van der Waals surface area contributed by atoms with Gasteiger partial charge in [-0.25, -0.2) is 0 Å². The molecule has 0 aromatic rings. The van der Waals surface area contributed by atoms with Crippen LogP contribution in [-0.4, -0.2) is 30.7 Å². The second kappa shape index (κ2) is 2.16. The number of nitrogens with one attached hydrogen (secondary N) is 1. The Labute approximate surface area is 60.3 Å². The number of piperidine rings is 1. The molecule has 2 aliphatic heterocycles. The van der Waals surface area contributed by atoms with Gasteiger partial charge in [0.05, 0.1) is 11.4 Å². The molecule has 54 valence electrons. The molecule has 3 heteroatoms. The lowest BCUT2D eigenvalue weighted by Crippen LogP contribution is -2.35. The maximum atomic E-state index is 4.38. The Hall–Kier alpha value is -0.700. The van der Waals surface area contributed by atoms with Gasteiger partial charge < -0.3 is 5.32 Å². The molecule has 10 heavy (non-hydrogen) atoms. The molecule has 2 rings (SSSR count). The fraction of sp³-hybridized carbons (Fsp3) is 0.714. The first kappa shape index (κ1) is 6.04. The fourth-order valence-electron chi connectivity index (χ4n) is 1.40. The van der Waals surface area contributed by atoms with Crippen molar-refractivity contribution < 1.29 is 0 Å². The highest BCUT2D eigenvalue weighted by Gasteiger charge is 2.19. The van der Waals surface area contributed by atoms with Gasteiger partial charge in [-0.15, -0.1) is 0 Å². The van der Waals surface area contributed by atoms with Crippen LogP contribution in [0.3, 0.4) is 0 Å². The Kier molecular flexibility index (Phi) is 1.31. The summed E-state index contributed by atoms with van der Waals surface area (Å²) in [5, 5.41) is 3.27. The topological polar surface area (TPSA) is 36.8 Å². The molecular formula is C7H11N3. The van der Waals surface area contributed by atoms with E-state index in [1.165, 1.54) is 11.4 Å². The van der Waals surface area contributed by atoms with Crippen LogP contribution >= 0.6 is 0 Å². The highest BCUT2D eigenvalue weighted by Crippen LogP contribution is 2.09. The summed E-state index contributed by atoms with van der Waals surface area (Å²) in [6.45, 7) is 4.01. The van der Waals surface area contributed by atoms with Gasteiger partial charge >= 0.3 is 0 Å². The lowest BCUT2D eigenvalue weighted by Gasteiger charge is -2.12. The summed E-state index contributed by atoms with van der Waals surface area (Å²) in [7, 11) is 0. The zero-order valence-electron chi connectivity index (χ0n) is 6.09. The van der Waals surface area contributed by atoms with Gasteiger partial charge in [0.1, 0.15) is 6.17 Å². The summed E-state index contributed by atoms with van der Waals surface area (Å²) in [4.78, 5) is 8.74. The summed E-state index contributed by atoms with van der Waals surface area (Å²) in [5.74, 6) is 0. The third-order valence-corrected chi connectivity index (χ3v) is 1.85. The standard InChI is InChI=1S/C7H11N3/c1-5-9-6-2-3-8-4-7(6)10-5/h5,8H,2-4H2,1H3. The maximum absolute atomic E-state index is 4.38. The van der Waals surface area contributed by atoms with Crippen LogP contribution in [0.2, 0.25) is 0 Å². The summed E-state index contributed by atoms with van der Waals surface area (Å²) < 4.78 is 0. The third-order valence-electron chi connectivity index (χ3n) is 1.85. The van der Waals surface area contributed by atoms with Crippen LogP contribution in [0.5, 0.6) is 0 Å². The smallest absolute Gasteiger partial charge is 0.137 e. The van der Waals surface area contributed by atoms with Crippen LogP contribution < -0.4 is 5.32 Å². The first-order valence-electron chi connectivity index (χ1n) is 3.71. The minimum absolute atomic E-state index is 0.185. The molecule has 1 atom stereocenters. The van der Waals surface area contributed by atoms with E-state index in [1.54, 1.807) is 0 Å². The molecule has 0 saturated carbocycles. The molecule has 1 saturated heterocycles. The number of aliphatic imine (C=N–C) groups is 2.